The lowest BCUT2D eigenvalue weighted by Crippen LogP contribution is -2.41. The Labute approximate surface area is 142 Å². The van der Waals surface area contributed by atoms with Gasteiger partial charge in [-0.15, -0.1) is 0 Å². The van der Waals surface area contributed by atoms with Crippen molar-refractivity contribution < 1.29 is 4.74 Å². The Balaban J connectivity index is 1.65. The van der Waals surface area contributed by atoms with E-state index in [9.17, 15) is 0 Å². The van der Waals surface area contributed by atoms with Gasteiger partial charge in [-0.05, 0) is 94.0 Å². The second-order valence-electron chi connectivity index (χ2n) is 6.57. The van der Waals surface area contributed by atoms with Crippen molar-refractivity contribution in [3.8, 4) is 5.75 Å². The number of hydrogen-bond donors (Lipinski definition) is 0. The van der Waals surface area contributed by atoms with E-state index in [1.54, 1.807) is 7.11 Å². The van der Waals surface area contributed by atoms with Crippen molar-refractivity contribution in [1.82, 2.24) is 4.90 Å². The predicted molar refractivity (Wildman–Crippen MR) is 95.7 cm³/mol. The van der Waals surface area contributed by atoms with Crippen molar-refractivity contribution in [2.24, 2.45) is 0 Å². The largest absolute Gasteiger partial charge is 0.496 e. The maximum atomic E-state index is 5.60. The SMILES string of the molecule is CCCN(CC[C]1[CH][CH][CH][CH]1)C1CCc2cccc(OC)c2C1. The van der Waals surface area contributed by atoms with Gasteiger partial charge in [0, 0.05) is 6.04 Å². The minimum atomic E-state index is 0.647. The number of aryl methyl sites for hydroxylation is 1. The van der Waals surface area contributed by atoms with Crippen molar-refractivity contribution in [3.05, 3.63) is 60.9 Å². The normalized spacial score (nSPS) is 21.6. The molecule has 123 valence electrons. The van der Waals surface area contributed by atoms with Crippen molar-refractivity contribution >= 4 is 0 Å². The molecule has 0 N–H and O–H groups in total. The number of hydrogen-bond acceptors (Lipinski definition) is 2. The van der Waals surface area contributed by atoms with Crippen LogP contribution in [0.15, 0.2) is 18.2 Å². The lowest BCUT2D eigenvalue weighted by atomic mass is 9.86. The molecule has 1 saturated carbocycles. The summed E-state index contributed by atoms with van der Waals surface area (Å²) in [6, 6.07) is 7.14. The van der Waals surface area contributed by atoms with Crippen LogP contribution in [-0.4, -0.2) is 31.1 Å². The molecule has 1 atom stereocenters. The van der Waals surface area contributed by atoms with E-state index in [4.69, 9.17) is 4.74 Å². The Morgan fingerprint density at radius 3 is 2.74 bits per heavy atom. The maximum absolute atomic E-state index is 5.60. The van der Waals surface area contributed by atoms with E-state index in [-0.39, 0.29) is 0 Å². The summed E-state index contributed by atoms with van der Waals surface area (Å²) < 4.78 is 5.60. The zero-order valence-electron chi connectivity index (χ0n) is 14.4. The summed E-state index contributed by atoms with van der Waals surface area (Å²) in [5.74, 6) is 2.53. The molecule has 5 radical (unpaired) electrons. The van der Waals surface area contributed by atoms with Crippen LogP contribution in [0.5, 0.6) is 5.75 Å². The lowest BCUT2D eigenvalue weighted by Gasteiger charge is -2.36. The van der Waals surface area contributed by atoms with Crippen LogP contribution in [0.25, 0.3) is 0 Å². The number of fused-ring (bicyclic) bond motifs is 1. The Morgan fingerprint density at radius 1 is 1.17 bits per heavy atom. The maximum Gasteiger partial charge on any atom is 0.122 e. The van der Waals surface area contributed by atoms with Crippen LogP contribution in [-0.2, 0) is 12.8 Å². The average Bonchev–Trinajstić information content (AvgIpc) is 3.11. The van der Waals surface area contributed by atoms with E-state index in [1.807, 2.05) is 0 Å². The Morgan fingerprint density at radius 2 is 2.00 bits per heavy atom. The molecule has 1 unspecified atom stereocenters. The summed E-state index contributed by atoms with van der Waals surface area (Å²) in [6.07, 6.45) is 14.7. The highest BCUT2D eigenvalue weighted by Crippen LogP contribution is 2.32. The van der Waals surface area contributed by atoms with Crippen LogP contribution in [0.2, 0.25) is 0 Å². The van der Waals surface area contributed by atoms with Crippen LogP contribution in [0, 0.1) is 31.6 Å². The van der Waals surface area contributed by atoms with Crippen molar-refractivity contribution in [2.45, 2.75) is 45.1 Å². The first-order valence-electron chi connectivity index (χ1n) is 8.91. The van der Waals surface area contributed by atoms with Crippen molar-refractivity contribution in [2.75, 3.05) is 20.2 Å². The lowest BCUT2D eigenvalue weighted by molar-refractivity contribution is 0.179. The summed E-state index contributed by atoms with van der Waals surface area (Å²) in [5.41, 5.74) is 2.91. The summed E-state index contributed by atoms with van der Waals surface area (Å²) in [5, 5.41) is 0. The topological polar surface area (TPSA) is 12.5 Å². The van der Waals surface area contributed by atoms with Crippen molar-refractivity contribution in [1.29, 1.82) is 0 Å². The van der Waals surface area contributed by atoms with Gasteiger partial charge < -0.3 is 9.64 Å². The molecule has 0 amide bonds. The molecule has 2 aliphatic carbocycles. The molecule has 0 aliphatic heterocycles. The fourth-order valence-electron chi connectivity index (χ4n) is 3.86. The molecule has 0 bridgehead atoms. The fourth-order valence-corrected chi connectivity index (χ4v) is 3.86. The number of ether oxygens (including phenoxy) is 1. The molecule has 0 heterocycles. The summed E-state index contributed by atoms with van der Waals surface area (Å²) >= 11 is 0. The smallest absolute Gasteiger partial charge is 0.122 e. The molecule has 2 nitrogen and oxygen atoms in total. The van der Waals surface area contributed by atoms with E-state index in [0.717, 1.165) is 25.1 Å². The van der Waals surface area contributed by atoms with E-state index < -0.39 is 0 Å². The third-order valence-corrected chi connectivity index (χ3v) is 5.08. The first-order chi connectivity index (χ1) is 11.3. The predicted octanol–water partition coefficient (Wildman–Crippen LogP) is 4.06. The van der Waals surface area contributed by atoms with Gasteiger partial charge >= 0.3 is 0 Å². The van der Waals surface area contributed by atoms with Gasteiger partial charge in [-0.3, -0.25) is 0 Å². The van der Waals surface area contributed by atoms with Gasteiger partial charge in [0.25, 0.3) is 0 Å². The molecule has 1 aromatic rings. The second kappa shape index (κ2) is 8.19. The van der Waals surface area contributed by atoms with Gasteiger partial charge in [0.1, 0.15) is 5.75 Å². The number of nitrogens with zero attached hydrogens (tertiary/aromatic N) is 1. The molecule has 3 rings (SSSR count). The monoisotopic (exact) mass is 310 g/mol. The summed E-state index contributed by atoms with van der Waals surface area (Å²) in [4.78, 5) is 2.70. The Bertz CT molecular complexity index is 478. The van der Waals surface area contributed by atoms with Crippen molar-refractivity contribution in [3.63, 3.8) is 0 Å². The first-order valence-corrected chi connectivity index (χ1v) is 8.91. The van der Waals surface area contributed by atoms with Crippen LogP contribution < -0.4 is 4.74 Å². The molecule has 0 spiro atoms. The number of methoxy groups -OCH3 is 1. The molecule has 0 aromatic heterocycles. The van der Waals surface area contributed by atoms with Gasteiger partial charge in [-0.2, -0.15) is 0 Å². The van der Waals surface area contributed by atoms with Gasteiger partial charge in [0.05, 0.1) is 7.11 Å². The average molecular weight is 310 g/mol. The molecule has 1 fully saturated rings. The minimum absolute atomic E-state index is 0.647. The number of rotatable bonds is 7. The minimum Gasteiger partial charge on any atom is -0.496 e. The van der Waals surface area contributed by atoms with Crippen LogP contribution >= 0.6 is 0 Å². The summed E-state index contributed by atoms with van der Waals surface area (Å²) in [6.45, 7) is 4.63. The van der Waals surface area contributed by atoms with Crippen LogP contribution in [0.1, 0.15) is 37.3 Å². The second-order valence-corrected chi connectivity index (χ2v) is 6.57. The molecule has 1 aromatic carbocycles. The zero-order valence-corrected chi connectivity index (χ0v) is 14.4. The molecule has 23 heavy (non-hydrogen) atoms. The van der Waals surface area contributed by atoms with Crippen LogP contribution in [0.3, 0.4) is 0 Å². The third kappa shape index (κ3) is 4.09. The third-order valence-electron chi connectivity index (χ3n) is 5.08. The summed E-state index contributed by atoms with van der Waals surface area (Å²) in [7, 11) is 1.79. The van der Waals surface area contributed by atoms with E-state index in [1.165, 1.54) is 42.9 Å². The van der Waals surface area contributed by atoms with E-state index >= 15 is 0 Å². The van der Waals surface area contributed by atoms with Gasteiger partial charge in [-0.1, -0.05) is 19.1 Å². The fraction of sp³-hybridized carbons (Fsp3) is 0.476. The van der Waals surface area contributed by atoms with E-state index in [2.05, 4.69) is 55.7 Å². The molecule has 2 aliphatic rings. The zero-order chi connectivity index (χ0) is 16.1. The number of benzene rings is 1. The highest BCUT2D eigenvalue weighted by Gasteiger charge is 2.27. The highest BCUT2D eigenvalue weighted by atomic mass is 16.5. The van der Waals surface area contributed by atoms with Gasteiger partial charge in [-0.25, -0.2) is 0 Å². The standard InChI is InChI=1S/C21H28NO/c1-3-14-22(15-13-17-7-4-5-8-17)19-12-11-18-9-6-10-21(23-2)20(18)16-19/h4-10,19H,3,11-16H2,1-2H3. The molecular formula is C21H28NO. The van der Waals surface area contributed by atoms with Crippen LogP contribution in [0.4, 0.5) is 0 Å². The van der Waals surface area contributed by atoms with Gasteiger partial charge in [0.15, 0.2) is 0 Å². The molecule has 0 saturated heterocycles. The quantitative estimate of drug-likeness (QED) is 0.753. The van der Waals surface area contributed by atoms with E-state index in [0.29, 0.717) is 6.04 Å². The van der Waals surface area contributed by atoms with Gasteiger partial charge in [0.2, 0.25) is 0 Å². The molecular weight excluding hydrogens is 282 g/mol. The highest BCUT2D eigenvalue weighted by molar-refractivity contribution is 5.42. The Kier molecular flexibility index (Phi) is 5.99. The first kappa shape index (κ1) is 16.8. The molecule has 2 heteroatoms. The Hall–Kier alpha value is -1.02.